The zero-order chi connectivity index (χ0) is 17.4. The van der Waals surface area contributed by atoms with E-state index in [0.29, 0.717) is 6.04 Å². The fraction of sp³-hybridized carbons (Fsp3) is 0.364. The van der Waals surface area contributed by atoms with Crippen LogP contribution in [-0.4, -0.2) is 18.0 Å². The third kappa shape index (κ3) is 7.19. The molecule has 0 bridgehead atoms. The lowest BCUT2D eigenvalue weighted by molar-refractivity contribution is 0.346. The van der Waals surface area contributed by atoms with Crippen molar-refractivity contribution >= 4 is 0 Å². The van der Waals surface area contributed by atoms with E-state index in [1.807, 2.05) is 14.0 Å². The molecule has 0 spiro atoms. The van der Waals surface area contributed by atoms with Crippen LogP contribution in [0.3, 0.4) is 0 Å². The van der Waals surface area contributed by atoms with Gasteiger partial charge in [0.1, 0.15) is 0 Å². The highest BCUT2D eigenvalue weighted by atomic mass is 15.1. The quantitative estimate of drug-likeness (QED) is 0.694. The van der Waals surface area contributed by atoms with E-state index >= 15 is 0 Å². The second-order valence-corrected chi connectivity index (χ2v) is 6.59. The summed E-state index contributed by atoms with van der Waals surface area (Å²) in [4.78, 5) is 2.14. The maximum absolute atomic E-state index is 3.80. The van der Waals surface area contributed by atoms with Gasteiger partial charge in [0.05, 0.1) is 0 Å². The van der Waals surface area contributed by atoms with Gasteiger partial charge in [-0.1, -0.05) is 66.2 Å². The molecule has 0 unspecified atom stereocenters. The van der Waals surface area contributed by atoms with Crippen molar-refractivity contribution in [2.75, 3.05) is 7.05 Å². The van der Waals surface area contributed by atoms with E-state index in [-0.39, 0.29) is 0 Å². The normalized spacial score (nSPS) is 10.0. The Morgan fingerprint density at radius 2 is 1.22 bits per heavy atom. The van der Waals surface area contributed by atoms with E-state index in [4.69, 9.17) is 0 Å². The van der Waals surface area contributed by atoms with Gasteiger partial charge < -0.3 is 4.90 Å². The van der Waals surface area contributed by atoms with Gasteiger partial charge in [-0.3, -0.25) is 0 Å². The lowest BCUT2D eigenvalue weighted by atomic mass is 10.0. The van der Waals surface area contributed by atoms with Gasteiger partial charge in [-0.25, -0.2) is 0 Å². The fourth-order valence-corrected chi connectivity index (χ4v) is 2.09. The van der Waals surface area contributed by atoms with Crippen molar-refractivity contribution in [2.24, 2.45) is 0 Å². The Hall–Kier alpha value is -2.02. The summed E-state index contributed by atoms with van der Waals surface area (Å²) in [6, 6.07) is 18.1. The van der Waals surface area contributed by atoms with Crippen molar-refractivity contribution in [1.82, 2.24) is 4.90 Å². The Morgan fingerprint density at radius 3 is 1.43 bits per heavy atom. The molecule has 2 aromatic carbocycles. The molecule has 0 amide bonds. The minimum Gasteiger partial charge on any atom is -0.376 e. The number of aryl methyl sites for hydroxylation is 2. The molecule has 1 nitrogen and oxygen atoms in total. The molecule has 0 fully saturated rings. The van der Waals surface area contributed by atoms with Crippen LogP contribution in [0.2, 0.25) is 0 Å². The first-order valence-corrected chi connectivity index (χ1v) is 8.29. The summed E-state index contributed by atoms with van der Waals surface area (Å²) in [5.41, 5.74) is 6.53. The molecule has 1 heteroatoms. The molecule has 23 heavy (non-hydrogen) atoms. The molecule has 0 aliphatic rings. The van der Waals surface area contributed by atoms with Gasteiger partial charge in [0.25, 0.3) is 0 Å². The number of nitrogens with zero attached hydrogens (tertiary/aromatic N) is 1. The molecule has 0 radical (unpaired) electrons. The van der Waals surface area contributed by atoms with Crippen LogP contribution >= 0.6 is 0 Å². The summed E-state index contributed by atoms with van der Waals surface area (Å²) in [6.07, 6.45) is 1.03. The average Bonchev–Trinajstić information content (AvgIpc) is 2.51. The Bertz CT molecular complexity index is 547. The highest BCUT2D eigenvalue weighted by molar-refractivity contribution is 5.29. The maximum Gasteiger partial charge on any atom is 0.0226 e. The Labute approximate surface area is 142 Å². The van der Waals surface area contributed by atoms with Crippen LogP contribution in [0.4, 0.5) is 0 Å². The van der Waals surface area contributed by atoms with E-state index < -0.39 is 0 Å². The molecule has 0 aromatic heterocycles. The molecule has 2 rings (SSSR count). The molecular formula is C22H31N. The van der Waals surface area contributed by atoms with Crippen LogP contribution in [0, 0.1) is 13.8 Å². The van der Waals surface area contributed by atoms with Crippen molar-refractivity contribution in [2.45, 2.75) is 47.1 Å². The monoisotopic (exact) mass is 309 g/mol. The van der Waals surface area contributed by atoms with Gasteiger partial charge in [0.15, 0.2) is 0 Å². The van der Waals surface area contributed by atoms with Gasteiger partial charge in [-0.2, -0.15) is 0 Å². The van der Waals surface area contributed by atoms with Crippen LogP contribution in [0.25, 0.3) is 0 Å². The fourth-order valence-electron chi connectivity index (χ4n) is 2.09. The lowest BCUT2D eigenvalue weighted by Crippen LogP contribution is -2.23. The van der Waals surface area contributed by atoms with E-state index in [1.165, 1.54) is 22.3 Å². The summed E-state index contributed by atoms with van der Waals surface area (Å²) in [5.74, 6) is 0. The summed E-state index contributed by atoms with van der Waals surface area (Å²) in [6.45, 7) is 14.4. The smallest absolute Gasteiger partial charge is 0.0226 e. The topological polar surface area (TPSA) is 3.24 Å². The van der Waals surface area contributed by atoms with Crippen LogP contribution in [0.1, 0.15) is 43.0 Å². The summed E-state index contributed by atoms with van der Waals surface area (Å²) < 4.78 is 0. The number of benzene rings is 2. The molecule has 0 heterocycles. The number of allylic oxidation sites excluding steroid dienone is 1. The van der Waals surface area contributed by atoms with E-state index in [9.17, 15) is 0 Å². The van der Waals surface area contributed by atoms with Crippen LogP contribution in [0.5, 0.6) is 0 Å². The second kappa shape index (κ2) is 9.19. The standard InChI is InChI=1S/C15H16.C7H15N/c1-12-3-7-14(8-4-12)11-15-9-5-13(2)6-10-15;1-6(2)8(5)7(3)4/h3-10H,11H2,1-2H3;7H,1H2,2-5H3. The molecule has 0 aliphatic carbocycles. The van der Waals surface area contributed by atoms with E-state index in [0.717, 1.165) is 12.1 Å². The van der Waals surface area contributed by atoms with Gasteiger partial charge >= 0.3 is 0 Å². The molecule has 0 atom stereocenters. The largest absolute Gasteiger partial charge is 0.376 e. The first-order valence-electron chi connectivity index (χ1n) is 8.29. The van der Waals surface area contributed by atoms with Crippen LogP contribution in [0.15, 0.2) is 60.8 Å². The summed E-state index contributed by atoms with van der Waals surface area (Å²) in [5, 5.41) is 0. The second-order valence-electron chi connectivity index (χ2n) is 6.59. The number of rotatable bonds is 4. The Balaban J connectivity index is 0.000000284. The van der Waals surface area contributed by atoms with E-state index in [1.54, 1.807) is 0 Å². The number of hydrogen-bond acceptors (Lipinski definition) is 1. The summed E-state index contributed by atoms with van der Waals surface area (Å²) >= 11 is 0. The zero-order valence-corrected chi connectivity index (χ0v) is 15.6. The van der Waals surface area contributed by atoms with Crippen LogP contribution < -0.4 is 0 Å². The predicted molar refractivity (Wildman–Crippen MR) is 103 cm³/mol. The highest BCUT2D eigenvalue weighted by Gasteiger charge is 1.98. The molecular weight excluding hydrogens is 278 g/mol. The van der Waals surface area contributed by atoms with Crippen molar-refractivity contribution in [3.05, 3.63) is 83.1 Å². The van der Waals surface area contributed by atoms with Crippen molar-refractivity contribution < 1.29 is 0 Å². The molecule has 0 saturated carbocycles. The minimum absolute atomic E-state index is 0.576. The minimum atomic E-state index is 0.576. The van der Waals surface area contributed by atoms with E-state index in [2.05, 4.69) is 87.7 Å². The van der Waals surface area contributed by atoms with Crippen molar-refractivity contribution in [3.8, 4) is 0 Å². The zero-order valence-electron chi connectivity index (χ0n) is 15.6. The van der Waals surface area contributed by atoms with Gasteiger partial charge in [0, 0.05) is 18.8 Å². The highest BCUT2D eigenvalue weighted by Crippen LogP contribution is 2.11. The average molecular weight is 309 g/mol. The third-order valence-electron chi connectivity index (χ3n) is 4.03. The first-order chi connectivity index (χ1) is 10.8. The molecule has 0 saturated heterocycles. The van der Waals surface area contributed by atoms with Crippen molar-refractivity contribution in [3.63, 3.8) is 0 Å². The van der Waals surface area contributed by atoms with Gasteiger partial charge in [-0.05, 0) is 52.2 Å². The summed E-state index contributed by atoms with van der Waals surface area (Å²) in [7, 11) is 2.05. The number of hydrogen-bond donors (Lipinski definition) is 0. The SMILES string of the molecule is C=C(C)N(C)C(C)C.Cc1ccc(Cc2ccc(C)cc2)cc1. The molecule has 0 N–H and O–H groups in total. The van der Waals surface area contributed by atoms with Gasteiger partial charge in [-0.15, -0.1) is 0 Å². The predicted octanol–water partition coefficient (Wildman–Crippen LogP) is 5.75. The molecule has 0 aliphatic heterocycles. The third-order valence-corrected chi connectivity index (χ3v) is 4.03. The lowest BCUT2D eigenvalue weighted by Gasteiger charge is -2.22. The first kappa shape index (κ1) is 19.0. The molecule has 2 aromatic rings. The van der Waals surface area contributed by atoms with Gasteiger partial charge in [0.2, 0.25) is 0 Å². The maximum atomic E-state index is 3.80. The van der Waals surface area contributed by atoms with Crippen LogP contribution in [-0.2, 0) is 6.42 Å². The van der Waals surface area contributed by atoms with Crippen molar-refractivity contribution in [1.29, 1.82) is 0 Å². The molecule has 124 valence electrons. The Kier molecular flexibility index (Phi) is 7.61. The Morgan fingerprint density at radius 1 is 0.870 bits per heavy atom.